The van der Waals surface area contributed by atoms with E-state index < -0.39 is 0 Å². The average Bonchev–Trinajstić information content (AvgIpc) is 2.19. The molecule has 3 nitrogen and oxygen atoms in total. The summed E-state index contributed by atoms with van der Waals surface area (Å²) in [6.07, 6.45) is 0.749. The Labute approximate surface area is 131 Å². The zero-order valence-electron chi connectivity index (χ0n) is 8.36. The van der Waals surface area contributed by atoms with E-state index in [-0.39, 0.29) is 63.7 Å². The maximum Gasteiger partial charge on any atom is 1.00 e. The molecule has 0 atom stereocenters. The maximum atomic E-state index is 9.89. The molecule has 0 fully saturated rings. The topological polar surface area (TPSA) is 41.5 Å². The first-order valence-corrected chi connectivity index (χ1v) is 4.58. The van der Waals surface area contributed by atoms with Gasteiger partial charge in [0.05, 0.1) is 13.7 Å². The van der Waals surface area contributed by atoms with Gasteiger partial charge in [0, 0.05) is 0 Å². The molecule has 0 bridgehead atoms. The van der Waals surface area contributed by atoms with Gasteiger partial charge in [-0.3, -0.25) is 0 Å². The third-order valence-corrected chi connectivity index (χ3v) is 1.94. The van der Waals surface area contributed by atoms with Crippen LogP contribution in [-0.2, 0) is 10.6 Å². The van der Waals surface area contributed by atoms with Gasteiger partial charge >= 0.3 is 51.4 Å². The van der Waals surface area contributed by atoms with E-state index in [1.165, 1.54) is 0 Å². The van der Waals surface area contributed by atoms with Crippen LogP contribution in [-0.4, -0.2) is 18.3 Å². The number of hydrogen-bond donors (Lipinski definition) is 0. The Kier molecular flexibility index (Phi) is 9.78. The third-order valence-electron chi connectivity index (χ3n) is 1.68. The van der Waals surface area contributed by atoms with E-state index in [1.807, 2.05) is 24.3 Å². The molecule has 1 aromatic rings. The Balaban J connectivity index is 0.00000169. The molecule has 0 aromatic heterocycles. The van der Waals surface area contributed by atoms with Gasteiger partial charge in [-0.25, -0.2) is 0 Å². The van der Waals surface area contributed by atoms with Crippen molar-refractivity contribution < 1.29 is 64.9 Å². The molecule has 0 aliphatic rings. The molecule has 72 valence electrons. The molecule has 0 aliphatic carbocycles. The average molecular weight is 238 g/mol. The second-order valence-electron chi connectivity index (χ2n) is 2.49. The molecule has 1 aromatic carbocycles. The first-order chi connectivity index (χ1) is 6.36. The molecule has 0 unspecified atom stereocenters. The van der Waals surface area contributed by atoms with Gasteiger partial charge in [0.2, 0.25) is 0 Å². The van der Waals surface area contributed by atoms with Crippen LogP contribution in [0.3, 0.4) is 0 Å². The molecule has 0 amide bonds. The second kappa shape index (κ2) is 9.17. The Morgan fingerprint density at radius 2 is 1.93 bits per heavy atom. The van der Waals surface area contributed by atoms with Gasteiger partial charge in [0.25, 0.3) is 0 Å². The van der Waals surface area contributed by atoms with Crippen molar-refractivity contribution in [3.63, 3.8) is 0 Å². The maximum absolute atomic E-state index is 9.89. The minimum Gasteiger partial charge on any atom is -0.776 e. The summed E-state index contributed by atoms with van der Waals surface area (Å²) in [5.41, 5.74) is 1.13. The second-order valence-corrected chi connectivity index (χ2v) is 2.86. The number of benzene rings is 1. The van der Waals surface area contributed by atoms with Crippen LogP contribution >= 0.6 is 12.3 Å². The van der Waals surface area contributed by atoms with E-state index in [1.54, 1.807) is 7.11 Å². The molecule has 0 saturated heterocycles. The number of methoxy groups -OCH3 is 1. The van der Waals surface area contributed by atoms with Crippen LogP contribution in [0.2, 0.25) is 0 Å². The minimum atomic E-state index is 0. The van der Waals surface area contributed by atoms with E-state index in [0.717, 1.165) is 17.7 Å². The normalized spacial score (nSPS) is 9.29. The molecule has 0 heterocycles. The van der Waals surface area contributed by atoms with Crippen molar-refractivity contribution in [2.75, 3.05) is 13.7 Å². The first kappa shape index (κ1) is 14.9. The molecule has 5 heteroatoms. The third kappa shape index (κ3) is 5.72. The van der Waals surface area contributed by atoms with Gasteiger partial charge < -0.3 is 13.5 Å². The summed E-state index contributed by atoms with van der Waals surface area (Å²) in [4.78, 5) is 0. The fraction of sp³-hybridized carbons (Fsp3) is 0.333. The molecular formula is C9H11KO3S. The zero-order chi connectivity index (χ0) is 9.52. The summed E-state index contributed by atoms with van der Waals surface area (Å²) >= 11 is 0.154. The molecule has 0 spiro atoms. The fourth-order valence-electron chi connectivity index (χ4n) is 0.986. The summed E-state index contributed by atoms with van der Waals surface area (Å²) in [5.74, 6) is 0.836. The Hall–Kier alpha value is 0.926. The van der Waals surface area contributed by atoms with Crippen molar-refractivity contribution in [3.05, 3.63) is 29.8 Å². The Morgan fingerprint density at radius 3 is 2.43 bits per heavy atom. The molecule has 0 radical (unpaired) electrons. The Morgan fingerprint density at radius 1 is 1.29 bits per heavy atom. The van der Waals surface area contributed by atoms with Crippen molar-refractivity contribution in [3.8, 4) is 5.75 Å². The van der Waals surface area contributed by atoms with E-state index in [9.17, 15) is 4.55 Å². The molecular weight excluding hydrogens is 227 g/mol. The van der Waals surface area contributed by atoms with Crippen molar-refractivity contribution in [2.45, 2.75) is 6.42 Å². The smallest absolute Gasteiger partial charge is 0.776 e. The quantitative estimate of drug-likeness (QED) is 0.376. The summed E-state index contributed by atoms with van der Waals surface area (Å²) in [6, 6.07) is 7.69. The summed E-state index contributed by atoms with van der Waals surface area (Å²) in [5, 5.41) is 0. The number of hydrogen-bond acceptors (Lipinski definition) is 4. The van der Waals surface area contributed by atoms with Crippen molar-refractivity contribution in [2.24, 2.45) is 0 Å². The summed E-state index contributed by atoms with van der Waals surface area (Å²) in [7, 11) is 1.63. The standard InChI is InChI=1S/C9H12O3S.K/c1-11-9-4-2-8(3-5-9)6-7-12-13-10;/h2-5,10H,6-7H2,1H3;/q;+1/p-1. The Bertz CT molecular complexity index is 240. The largest absolute Gasteiger partial charge is 1.00 e. The van der Waals surface area contributed by atoms with Crippen LogP contribution in [0.4, 0.5) is 0 Å². The predicted molar refractivity (Wildman–Crippen MR) is 51.0 cm³/mol. The fourth-order valence-corrected chi connectivity index (χ4v) is 1.14. The van der Waals surface area contributed by atoms with E-state index in [4.69, 9.17) is 4.74 Å². The number of rotatable bonds is 5. The predicted octanol–water partition coefficient (Wildman–Crippen LogP) is -0.963. The zero-order valence-corrected chi connectivity index (χ0v) is 12.3. The van der Waals surface area contributed by atoms with E-state index >= 15 is 0 Å². The van der Waals surface area contributed by atoms with E-state index in [0.29, 0.717) is 6.61 Å². The monoisotopic (exact) mass is 238 g/mol. The van der Waals surface area contributed by atoms with Crippen LogP contribution in [0.5, 0.6) is 5.75 Å². The van der Waals surface area contributed by atoms with Crippen LogP contribution in [0.25, 0.3) is 0 Å². The van der Waals surface area contributed by atoms with Gasteiger partial charge in [-0.15, -0.1) is 12.3 Å². The SMILES string of the molecule is COc1ccc(CCOS[O-])cc1.[K+]. The van der Waals surface area contributed by atoms with Crippen molar-refractivity contribution >= 4 is 12.3 Å². The van der Waals surface area contributed by atoms with Crippen LogP contribution in [0.1, 0.15) is 5.56 Å². The number of ether oxygens (including phenoxy) is 1. The van der Waals surface area contributed by atoms with Crippen LogP contribution < -0.4 is 56.1 Å². The minimum absolute atomic E-state index is 0. The van der Waals surface area contributed by atoms with Crippen LogP contribution in [0.15, 0.2) is 24.3 Å². The molecule has 1 rings (SSSR count). The summed E-state index contributed by atoms with van der Waals surface area (Å²) < 4.78 is 19.5. The van der Waals surface area contributed by atoms with Crippen molar-refractivity contribution in [1.29, 1.82) is 0 Å². The van der Waals surface area contributed by atoms with Gasteiger partial charge in [0.15, 0.2) is 0 Å². The molecule has 0 aliphatic heterocycles. The van der Waals surface area contributed by atoms with Gasteiger partial charge in [-0.2, -0.15) is 0 Å². The van der Waals surface area contributed by atoms with Crippen LogP contribution in [0, 0.1) is 0 Å². The first-order valence-electron chi connectivity index (χ1n) is 3.91. The van der Waals surface area contributed by atoms with Gasteiger partial charge in [0.1, 0.15) is 5.75 Å². The van der Waals surface area contributed by atoms with E-state index in [2.05, 4.69) is 4.18 Å². The van der Waals surface area contributed by atoms with Gasteiger partial charge in [-0.1, -0.05) is 12.1 Å². The molecule has 0 saturated carbocycles. The molecule has 0 N–H and O–H groups in total. The van der Waals surface area contributed by atoms with Gasteiger partial charge in [-0.05, 0) is 24.1 Å². The summed E-state index contributed by atoms with van der Waals surface area (Å²) in [6.45, 7) is 0.445. The molecule has 14 heavy (non-hydrogen) atoms. The van der Waals surface area contributed by atoms with Crippen molar-refractivity contribution in [1.82, 2.24) is 0 Å².